The number of aromatic nitrogens is 2. The Hall–Kier alpha value is -3.45. The maximum absolute atomic E-state index is 12.8. The van der Waals surface area contributed by atoms with Gasteiger partial charge in [0.25, 0.3) is 0 Å². The van der Waals surface area contributed by atoms with Crippen LogP contribution in [-0.4, -0.2) is 15.3 Å². The van der Waals surface area contributed by atoms with E-state index in [-0.39, 0.29) is 23.3 Å². The van der Waals surface area contributed by atoms with Crippen LogP contribution < -0.4 is 0 Å². The van der Waals surface area contributed by atoms with Gasteiger partial charge in [-0.1, -0.05) is 87.9 Å². The van der Waals surface area contributed by atoms with E-state index in [1.165, 1.54) is 22.4 Å². The Balaban J connectivity index is 1.69. The molecule has 2 aliphatic rings. The van der Waals surface area contributed by atoms with Gasteiger partial charge in [0, 0.05) is 29.1 Å². The molecule has 0 saturated heterocycles. The molecule has 0 unspecified atom stereocenters. The second-order valence-corrected chi connectivity index (χ2v) is 10.8. The molecule has 0 bridgehead atoms. The Morgan fingerprint density at radius 1 is 1.14 bits per heavy atom. The molecule has 2 aromatic carbocycles. The van der Waals surface area contributed by atoms with E-state index >= 15 is 0 Å². The quantitative estimate of drug-likeness (QED) is 0.396. The predicted octanol–water partition coefficient (Wildman–Crippen LogP) is 6.87. The van der Waals surface area contributed by atoms with Gasteiger partial charge in [-0.2, -0.15) is 0 Å². The van der Waals surface area contributed by atoms with Gasteiger partial charge in [-0.05, 0) is 42.7 Å². The van der Waals surface area contributed by atoms with E-state index in [4.69, 9.17) is 11.6 Å². The molecule has 1 heterocycles. The van der Waals surface area contributed by atoms with Gasteiger partial charge in [-0.3, -0.25) is 0 Å². The van der Waals surface area contributed by atoms with Crippen LogP contribution in [0.2, 0.25) is 0 Å². The lowest BCUT2D eigenvalue weighted by Crippen LogP contribution is -2.45. The topological polar surface area (TPSA) is 39.2 Å². The SMILES string of the molecule is [C-]#[N+]C1=C[C@@]2(C)c3nc(-c4ccc(C(C)C)cc4)n(Cc4ccc(C)cc4)c3CC[C@@H]2[C@@H](C)C1=O. The number of Topliss-reactive ketones (excluding diaryl/α,β-unsaturated/α-hetero) is 1. The van der Waals surface area contributed by atoms with Crippen LogP contribution in [0.4, 0.5) is 0 Å². The fourth-order valence-corrected chi connectivity index (χ4v) is 6.03. The molecule has 0 saturated carbocycles. The van der Waals surface area contributed by atoms with Crippen LogP contribution in [0, 0.1) is 25.3 Å². The highest BCUT2D eigenvalue weighted by Gasteiger charge is 2.50. The number of carbonyl (C=O) groups is 1. The lowest BCUT2D eigenvalue weighted by atomic mass is 9.59. The van der Waals surface area contributed by atoms with Crippen LogP contribution in [0.3, 0.4) is 0 Å². The number of hydrogen-bond acceptors (Lipinski definition) is 2. The Labute approximate surface area is 208 Å². The summed E-state index contributed by atoms with van der Waals surface area (Å²) < 4.78 is 2.37. The molecule has 0 N–H and O–H groups in total. The van der Waals surface area contributed by atoms with Crippen molar-refractivity contribution >= 4 is 5.78 Å². The fraction of sp³-hybridized carbons (Fsp3) is 0.387. The highest BCUT2D eigenvalue weighted by Crippen LogP contribution is 2.50. The number of carbonyl (C=O) groups excluding carboxylic acids is 1. The number of fused-ring (bicyclic) bond motifs is 3. The van der Waals surface area contributed by atoms with Crippen LogP contribution in [0.1, 0.15) is 68.1 Å². The molecule has 35 heavy (non-hydrogen) atoms. The lowest BCUT2D eigenvalue weighted by molar-refractivity contribution is -0.121. The average Bonchev–Trinajstić information content (AvgIpc) is 3.22. The minimum absolute atomic E-state index is 0.0190. The maximum atomic E-state index is 12.8. The van der Waals surface area contributed by atoms with Crippen LogP contribution >= 0.6 is 0 Å². The first-order valence-electron chi connectivity index (χ1n) is 12.6. The third-order valence-electron chi connectivity index (χ3n) is 8.17. The smallest absolute Gasteiger partial charge is 0.226 e. The highest BCUT2D eigenvalue weighted by molar-refractivity contribution is 6.00. The zero-order valence-corrected chi connectivity index (χ0v) is 21.3. The lowest BCUT2D eigenvalue weighted by Gasteiger charge is -2.44. The number of hydrogen-bond donors (Lipinski definition) is 0. The summed E-state index contributed by atoms with van der Waals surface area (Å²) in [5.41, 5.74) is 7.01. The van der Waals surface area contributed by atoms with Crippen molar-refractivity contribution in [3.63, 3.8) is 0 Å². The van der Waals surface area contributed by atoms with E-state index in [1.807, 2.05) is 13.0 Å². The molecule has 0 aliphatic heterocycles. The van der Waals surface area contributed by atoms with E-state index in [0.29, 0.717) is 5.92 Å². The van der Waals surface area contributed by atoms with E-state index in [1.54, 1.807) is 0 Å². The molecule has 4 nitrogen and oxygen atoms in total. The molecule has 1 aromatic heterocycles. The van der Waals surface area contributed by atoms with Crippen LogP contribution in [-0.2, 0) is 23.2 Å². The first-order valence-corrected chi connectivity index (χ1v) is 12.6. The number of rotatable bonds is 4. The second-order valence-electron chi connectivity index (χ2n) is 10.8. The average molecular weight is 464 g/mol. The molecule has 0 fully saturated rings. The van der Waals surface area contributed by atoms with Crippen molar-refractivity contribution in [3.05, 3.63) is 99.8 Å². The molecule has 0 spiro atoms. The second kappa shape index (κ2) is 8.64. The van der Waals surface area contributed by atoms with Gasteiger partial charge in [0.1, 0.15) is 5.82 Å². The first-order chi connectivity index (χ1) is 16.7. The molecule has 0 amide bonds. The van der Waals surface area contributed by atoms with Crippen molar-refractivity contribution in [1.82, 2.24) is 9.55 Å². The van der Waals surface area contributed by atoms with Gasteiger partial charge in [0.2, 0.25) is 5.70 Å². The summed E-state index contributed by atoms with van der Waals surface area (Å²) in [6.07, 6.45) is 3.72. The predicted molar refractivity (Wildman–Crippen MR) is 140 cm³/mol. The Morgan fingerprint density at radius 2 is 1.83 bits per heavy atom. The molecule has 2 aliphatic carbocycles. The third-order valence-corrected chi connectivity index (χ3v) is 8.17. The number of imidazole rings is 1. The van der Waals surface area contributed by atoms with E-state index < -0.39 is 5.41 Å². The molecule has 3 atom stereocenters. The Morgan fingerprint density at radius 3 is 2.46 bits per heavy atom. The Kier molecular flexibility index (Phi) is 5.75. The van der Waals surface area contributed by atoms with Gasteiger partial charge in [0.05, 0.1) is 12.3 Å². The van der Waals surface area contributed by atoms with Crippen molar-refractivity contribution in [2.75, 3.05) is 0 Å². The van der Waals surface area contributed by atoms with Crippen molar-refractivity contribution in [3.8, 4) is 11.4 Å². The molecule has 3 aromatic rings. The minimum atomic E-state index is -0.425. The van der Waals surface area contributed by atoms with Gasteiger partial charge in [0.15, 0.2) is 5.78 Å². The van der Waals surface area contributed by atoms with E-state index in [0.717, 1.165) is 36.5 Å². The summed E-state index contributed by atoms with van der Waals surface area (Å²) in [7, 11) is 0. The zero-order chi connectivity index (χ0) is 24.9. The van der Waals surface area contributed by atoms with E-state index in [9.17, 15) is 4.79 Å². The number of ketones is 1. The minimum Gasteiger partial charge on any atom is -0.323 e. The van der Waals surface area contributed by atoms with Crippen molar-refractivity contribution < 1.29 is 4.79 Å². The maximum Gasteiger partial charge on any atom is 0.226 e. The normalized spacial score (nSPS) is 23.5. The summed E-state index contributed by atoms with van der Waals surface area (Å²) in [4.78, 5) is 21.7. The number of allylic oxidation sites excluding steroid dienone is 2. The van der Waals surface area contributed by atoms with Crippen LogP contribution in [0.5, 0.6) is 0 Å². The molecule has 5 rings (SSSR count). The van der Waals surface area contributed by atoms with Gasteiger partial charge < -0.3 is 9.36 Å². The largest absolute Gasteiger partial charge is 0.323 e. The summed E-state index contributed by atoms with van der Waals surface area (Å²) in [5, 5.41) is 0. The highest BCUT2D eigenvalue weighted by atomic mass is 16.1. The zero-order valence-electron chi connectivity index (χ0n) is 21.3. The van der Waals surface area contributed by atoms with Gasteiger partial charge in [-0.25, -0.2) is 9.83 Å². The summed E-state index contributed by atoms with van der Waals surface area (Å²) >= 11 is 0. The first kappa shape index (κ1) is 23.3. The number of benzene rings is 2. The van der Waals surface area contributed by atoms with Crippen molar-refractivity contribution in [2.45, 2.75) is 65.3 Å². The fourth-order valence-electron chi connectivity index (χ4n) is 6.03. The number of aryl methyl sites for hydroxylation is 1. The standard InChI is InChI=1S/C31H33N3O/c1-19(2)23-11-13-24(14-12-23)30-33-29-27(34(30)18-22-9-7-20(3)8-10-22)16-15-25-21(4)28(35)26(32-6)17-31(25,29)5/h7-14,17,19,21,25H,15-16,18H2,1-5H3/t21-,25-,31-/m1/s1. The molecular weight excluding hydrogens is 430 g/mol. The third kappa shape index (κ3) is 3.84. The van der Waals surface area contributed by atoms with Gasteiger partial charge in [-0.15, -0.1) is 0 Å². The van der Waals surface area contributed by atoms with Crippen LogP contribution in [0.25, 0.3) is 16.2 Å². The molecular formula is C31H33N3O. The summed E-state index contributed by atoms with van der Waals surface area (Å²) in [6.45, 7) is 19.0. The Bertz CT molecular complexity index is 1350. The molecule has 178 valence electrons. The van der Waals surface area contributed by atoms with Crippen LogP contribution in [0.15, 0.2) is 60.3 Å². The van der Waals surface area contributed by atoms with E-state index in [2.05, 4.69) is 85.6 Å². The monoisotopic (exact) mass is 463 g/mol. The number of nitrogens with zero attached hydrogens (tertiary/aromatic N) is 3. The van der Waals surface area contributed by atoms with Crippen molar-refractivity contribution in [1.29, 1.82) is 0 Å². The molecule has 4 heteroatoms. The van der Waals surface area contributed by atoms with Crippen molar-refractivity contribution in [2.24, 2.45) is 11.8 Å². The molecule has 0 radical (unpaired) electrons. The summed E-state index contributed by atoms with van der Waals surface area (Å²) in [6, 6.07) is 17.5. The summed E-state index contributed by atoms with van der Waals surface area (Å²) in [5.74, 6) is 1.41. The van der Waals surface area contributed by atoms with Gasteiger partial charge >= 0.3 is 0 Å².